The Balaban J connectivity index is 2.73. The van der Waals surface area contributed by atoms with Gasteiger partial charge < -0.3 is 5.32 Å². The highest BCUT2D eigenvalue weighted by Gasteiger charge is 2.30. The fraction of sp³-hybridized carbons (Fsp3) is 0.600. The van der Waals surface area contributed by atoms with Crippen LogP contribution in [-0.2, 0) is 0 Å². The Labute approximate surface area is 113 Å². The molecule has 1 aliphatic heterocycles. The van der Waals surface area contributed by atoms with Crippen molar-refractivity contribution in [3.63, 3.8) is 0 Å². The van der Waals surface area contributed by atoms with Crippen molar-refractivity contribution in [1.82, 2.24) is 5.32 Å². The summed E-state index contributed by atoms with van der Waals surface area (Å²) >= 11 is 0. The Morgan fingerprint density at radius 3 is 2.53 bits per heavy atom. The van der Waals surface area contributed by atoms with Crippen molar-refractivity contribution < 1.29 is 13.2 Å². The number of hydrogen-bond donors (Lipinski definition) is 1. The van der Waals surface area contributed by atoms with Crippen LogP contribution in [0.15, 0.2) is 35.6 Å². The summed E-state index contributed by atoms with van der Waals surface area (Å²) in [6.45, 7) is 7.88. The quantitative estimate of drug-likeness (QED) is 0.730. The summed E-state index contributed by atoms with van der Waals surface area (Å²) in [5.41, 5.74) is 1.14. The SMILES string of the molecule is C=C(/C=C(/C/C=C1/CCCCN1)C(C)C)C(F)(F)F. The van der Waals surface area contributed by atoms with Crippen molar-refractivity contribution in [2.75, 3.05) is 6.54 Å². The average Bonchev–Trinajstić information content (AvgIpc) is 2.33. The first-order chi connectivity index (χ1) is 8.80. The van der Waals surface area contributed by atoms with Crippen molar-refractivity contribution in [1.29, 1.82) is 0 Å². The highest BCUT2D eigenvalue weighted by molar-refractivity contribution is 5.27. The van der Waals surface area contributed by atoms with Gasteiger partial charge >= 0.3 is 6.18 Å². The molecule has 0 saturated carbocycles. The molecule has 0 aromatic carbocycles. The van der Waals surface area contributed by atoms with Crippen LogP contribution < -0.4 is 5.32 Å². The zero-order valence-electron chi connectivity index (χ0n) is 11.6. The number of hydrogen-bond acceptors (Lipinski definition) is 1. The molecule has 1 nitrogen and oxygen atoms in total. The van der Waals surface area contributed by atoms with Crippen LogP contribution in [0.25, 0.3) is 0 Å². The zero-order valence-corrected chi connectivity index (χ0v) is 11.6. The van der Waals surface area contributed by atoms with Gasteiger partial charge in [-0.3, -0.25) is 0 Å². The minimum absolute atomic E-state index is 0.0829. The van der Waals surface area contributed by atoms with Crippen LogP contribution in [0.3, 0.4) is 0 Å². The number of piperidine rings is 1. The Kier molecular flexibility index (Phi) is 5.70. The first kappa shape index (κ1) is 15.9. The monoisotopic (exact) mass is 273 g/mol. The largest absolute Gasteiger partial charge is 0.415 e. The predicted molar refractivity (Wildman–Crippen MR) is 72.7 cm³/mol. The maximum Gasteiger partial charge on any atom is 0.415 e. The molecular formula is C15H22F3N. The smallest absolute Gasteiger partial charge is 0.389 e. The van der Waals surface area contributed by atoms with E-state index in [2.05, 4.69) is 11.9 Å². The van der Waals surface area contributed by atoms with Crippen molar-refractivity contribution in [3.05, 3.63) is 35.6 Å². The predicted octanol–water partition coefficient (Wildman–Crippen LogP) is 4.73. The van der Waals surface area contributed by atoms with Crippen molar-refractivity contribution in [2.24, 2.45) is 5.92 Å². The summed E-state index contributed by atoms with van der Waals surface area (Å²) in [5, 5.41) is 3.29. The molecule has 1 heterocycles. The van der Waals surface area contributed by atoms with E-state index in [1.165, 1.54) is 6.08 Å². The molecule has 108 valence electrons. The van der Waals surface area contributed by atoms with Crippen LogP contribution in [0.1, 0.15) is 39.5 Å². The second-order valence-corrected chi connectivity index (χ2v) is 5.21. The number of alkyl halides is 3. The van der Waals surface area contributed by atoms with Gasteiger partial charge in [0.1, 0.15) is 0 Å². The number of halogens is 3. The van der Waals surface area contributed by atoms with Gasteiger partial charge in [0.15, 0.2) is 0 Å². The van der Waals surface area contributed by atoms with Gasteiger partial charge in [-0.25, -0.2) is 0 Å². The molecule has 1 aliphatic rings. The lowest BCUT2D eigenvalue weighted by atomic mass is 9.96. The molecule has 1 N–H and O–H groups in total. The van der Waals surface area contributed by atoms with E-state index in [1.807, 2.05) is 19.9 Å². The molecule has 4 heteroatoms. The topological polar surface area (TPSA) is 12.0 Å². The van der Waals surface area contributed by atoms with E-state index in [4.69, 9.17) is 0 Å². The lowest BCUT2D eigenvalue weighted by Crippen LogP contribution is -2.19. The van der Waals surface area contributed by atoms with Crippen molar-refractivity contribution >= 4 is 0 Å². The van der Waals surface area contributed by atoms with Crippen LogP contribution in [0, 0.1) is 5.92 Å². The van der Waals surface area contributed by atoms with Gasteiger partial charge in [0.05, 0.1) is 0 Å². The van der Waals surface area contributed by atoms with E-state index in [0.29, 0.717) is 6.42 Å². The molecule has 0 aromatic heterocycles. The fourth-order valence-electron chi connectivity index (χ4n) is 1.96. The maximum atomic E-state index is 12.5. The van der Waals surface area contributed by atoms with E-state index < -0.39 is 11.7 Å². The van der Waals surface area contributed by atoms with E-state index in [0.717, 1.165) is 37.1 Å². The van der Waals surface area contributed by atoms with Gasteiger partial charge in [-0.2, -0.15) is 13.2 Å². The van der Waals surface area contributed by atoms with Gasteiger partial charge in [0.25, 0.3) is 0 Å². The summed E-state index contributed by atoms with van der Waals surface area (Å²) in [6, 6.07) is 0. The summed E-state index contributed by atoms with van der Waals surface area (Å²) in [5.74, 6) is 0.0829. The number of allylic oxidation sites excluding steroid dienone is 5. The third-order valence-electron chi connectivity index (χ3n) is 3.27. The van der Waals surface area contributed by atoms with Crippen LogP contribution >= 0.6 is 0 Å². The van der Waals surface area contributed by atoms with E-state index >= 15 is 0 Å². The highest BCUT2D eigenvalue weighted by atomic mass is 19.4. The van der Waals surface area contributed by atoms with Crippen molar-refractivity contribution in [2.45, 2.75) is 45.7 Å². The first-order valence-electron chi connectivity index (χ1n) is 6.70. The summed E-state index contributed by atoms with van der Waals surface area (Å²) in [7, 11) is 0. The fourth-order valence-corrected chi connectivity index (χ4v) is 1.96. The normalized spacial score (nSPS) is 19.7. The lowest BCUT2D eigenvalue weighted by Gasteiger charge is -2.18. The van der Waals surface area contributed by atoms with Gasteiger partial charge in [-0.15, -0.1) is 0 Å². The third kappa shape index (κ3) is 5.53. The Morgan fingerprint density at radius 2 is 2.05 bits per heavy atom. The number of rotatable bonds is 4. The Morgan fingerprint density at radius 1 is 1.37 bits per heavy atom. The molecule has 0 atom stereocenters. The van der Waals surface area contributed by atoms with E-state index in [-0.39, 0.29) is 5.92 Å². The maximum absolute atomic E-state index is 12.5. The molecule has 1 saturated heterocycles. The standard InChI is InChI=1S/C15H22F3N/c1-11(2)13(10-12(3)15(16,17)18)7-8-14-6-4-5-9-19-14/h8,10-11,19H,3-7,9H2,1-2H3/b13-10-,14-8-. The van der Waals surface area contributed by atoms with Crippen molar-refractivity contribution in [3.8, 4) is 0 Å². The minimum Gasteiger partial charge on any atom is -0.389 e. The second-order valence-electron chi connectivity index (χ2n) is 5.21. The molecule has 1 fully saturated rings. The summed E-state index contributed by atoms with van der Waals surface area (Å²) in [6.07, 6.45) is 2.71. The summed E-state index contributed by atoms with van der Waals surface area (Å²) < 4.78 is 37.5. The average molecular weight is 273 g/mol. The molecule has 0 bridgehead atoms. The minimum atomic E-state index is -4.34. The molecule has 0 spiro atoms. The van der Waals surface area contributed by atoms with E-state index in [9.17, 15) is 13.2 Å². The van der Waals surface area contributed by atoms with E-state index in [1.54, 1.807) is 0 Å². The molecule has 0 unspecified atom stereocenters. The summed E-state index contributed by atoms with van der Waals surface area (Å²) in [4.78, 5) is 0. The van der Waals surface area contributed by atoms with Gasteiger partial charge in [0.2, 0.25) is 0 Å². The van der Waals surface area contributed by atoms with Crippen LogP contribution in [0.5, 0.6) is 0 Å². The lowest BCUT2D eigenvalue weighted by molar-refractivity contribution is -0.0879. The molecule has 0 aromatic rings. The molecular weight excluding hydrogens is 251 g/mol. The molecule has 0 radical (unpaired) electrons. The molecule has 19 heavy (non-hydrogen) atoms. The van der Waals surface area contributed by atoms with Crippen LogP contribution in [0.4, 0.5) is 13.2 Å². The van der Waals surface area contributed by atoms with Crippen LogP contribution in [-0.4, -0.2) is 12.7 Å². The van der Waals surface area contributed by atoms with Gasteiger partial charge in [-0.1, -0.05) is 38.2 Å². The van der Waals surface area contributed by atoms with Gasteiger partial charge in [-0.05, 0) is 31.6 Å². The third-order valence-corrected chi connectivity index (χ3v) is 3.27. The Hall–Kier alpha value is -1.19. The molecule has 0 amide bonds. The van der Waals surface area contributed by atoms with Gasteiger partial charge in [0, 0.05) is 17.8 Å². The van der Waals surface area contributed by atoms with Crippen LogP contribution in [0.2, 0.25) is 0 Å². The molecule has 1 rings (SSSR count). The molecule has 0 aliphatic carbocycles. The Bertz CT molecular complexity index is 367. The first-order valence-corrected chi connectivity index (χ1v) is 6.70. The zero-order chi connectivity index (χ0) is 14.5. The second kappa shape index (κ2) is 6.83. The number of nitrogens with one attached hydrogen (secondary N) is 1. The highest BCUT2D eigenvalue weighted by Crippen LogP contribution is 2.28.